The number of benzene rings is 2. The van der Waals surface area contributed by atoms with Crippen molar-refractivity contribution in [1.82, 2.24) is 10.9 Å². The number of hydrazine groups is 1. The van der Waals surface area contributed by atoms with E-state index in [0.717, 1.165) is 6.07 Å². The molecule has 2 rings (SSSR count). The normalized spacial score (nSPS) is 9.92. The lowest BCUT2D eigenvalue weighted by Gasteiger charge is -2.08. The first-order chi connectivity index (χ1) is 11.5. The van der Waals surface area contributed by atoms with E-state index in [0.29, 0.717) is 5.02 Å². The van der Waals surface area contributed by atoms with E-state index in [4.69, 9.17) is 11.6 Å². The third-order valence-electron chi connectivity index (χ3n) is 2.85. The average molecular weight is 351 g/mol. The quantitative estimate of drug-likeness (QED) is 0.653. The monoisotopic (exact) mass is 350 g/mol. The first-order valence-corrected chi connectivity index (χ1v) is 7.11. The van der Waals surface area contributed by atoms with E-state index in [1.54, 1.807) is 0 Å². The molecule has 2 amide bonds. The minimum Gasteiger partial charge on any atom is -0.452 e. The van der Waals surface area contributed by atoms with Gasteiger partial charge in [0.2, 0.25) is 0 Å². The van der Waals surface area contributed by atoms with Gasteiger partial charge in [0.15, 0.2) is 6.61 Å². The third-order valence-corrected chi connectivity index (χ3v) is 3.10. The molecule has 124 valence electrons. The highest BCUT2D eigenvalue weighted by molar-refractivity contribution is 6.30. The summed E-state index contributed by atoms with van der Waals surface area (Å²) in [5.41, 5.74) is 4.22. The van der Waals surface area contributed by atoms with Crippen molar-refractivity contribution in [2.75, 3.05) is 6.61 Å². The topological polar surface area (TPSA) is 84.5 Å². The number of amides is 2. The number of nitrogens with one attached hydrogen (secondary N) is 2. The maximum absolute atomic E-state index is 13.4. The van der Waals surface area contributed by atoms with E-state index < -0.39 is 30.2 Å². The van der Waals surface area contributed by atoms with Gasteiger partial charge in [-0.2, -0.15) is 0 Å². The second-order valence-electron chi connectivity index (χ2n) is 4.57. The highest BCUT2D eigenvalue weighted by Crippen LogP contribution is 2.09. The summed E-state index contributed by atoms with van der Waals surface area (Å²) in [5, 5.41) is 0.468. The minimum absolute atomic E-state index is 0.281. The van der Waals surface area contributed by atoms with Gasteiger partial charge in [-0.25, -0.2) is 9.18 Å². The molecule has 6 nitrogen and oxygen atoms in total. The number of hydrogen-bond donors (Lipinski definition) is 2. The maximum atomic E-state index is 13.4. The summed E-state index contributed by atoms with van der Waals surface area (Å²) in [7, 11) is 0. The zero-order valence-corrected chi connectivity index (χ0v) is 13.0. The van der Waals surface area contributed by atoms with E-state index in [1.807, 2.05) is 0 Å². The third kappa shape index (κ3) is 4.79. The molecule has 2 N–H and O–H groups in total. The first kappa shape index (κ1) is 17.4. The molecule has 0 saturated heterocycles. The van der Waals surface area contributed by atoms with E-state index in [-0.39, 0.29) is 11.1 Å². The van der Waals surface area contributed by atoms with E-state index in [9.17, 15) is 18.8 Å². The number of carbonyl (C=O) groups excluding carboxylic acids is 3. The summed E-state index contributed by atoms with van der Waals surface area (Å²) >= 11 is 5.70. The van der Waals surface area contributed by atoms with Crippen molar-refractivity contribution in [3.8, 4) is 0 Å². The van der Waals surface area contributed by atoms with E-state index >= 15 is 0 Å². The fraction of sp³-hybridized carbons (Fsp3) is 0.0625. The molecule has 0 saturated carbocycles. The summed E-state index contributed by atoms with van der Waals surface area (Å²) in [6.45, 7) is -0.673. The van der Waals surface area contributed by atoms with Crippen LogP contribution in [0.1, 0.15) is 20.7 Å². The molecule has 0 aliphatic carbocycles. The molecule has 0 unspecified atom stereocenters. The molecular formula is C16H12ClFN2O4. The van der Waals surface area contributed by atoms with Gasteiger partial charge in [0.05, 0.1) is 5.56 Å². The predicted molar refractivity (Wildman–Crippen MR) is 83.7 cm³/mol. The molecule has 0 fully saturated rings. The van der Waals surface area contributed by atoms with Crippen molar-refractivity contribution in [3.05, 3.63) is 70.5 Å². The Morgan fingerprint density at radius 3 is 2.33 bits per heavy atom. The van der Waals surface area contributed by atoms with Crippen LogP contribution in [0.5, 0.6) is 0 Å². The Bertz CT molecular complexity index is 765. The van der Waals surface area contributed by atoms with Gasteiger partial charge in [-0.15, -0.1) is 0 Å². The van der Waals surface area contributed by atoms with Gasteiger partial charge in [-0.05, 0) is 36.4 Å². The molecule has 24 heavy (non-hydrogen) atoms. The summed E-state index contributed by atoms with van der Waals surface area (Å²) in [6.07, 6.45) is 0. The summed E-state index contributed by atoms with van der Waals surface area (Å²) < 4.78 is 18.0. The molecular weight excluding hydrogens is 339 g/mol. The molecule has 2 aromatic carbocycles. The predicted octanol–water partition coefficient (Wildman–Crippen LogP) is 2.10. The average Bonchev–Trinajstić information content (AvgIpc) is 2.58. The smallest absolute Gasteiger partial charge is 0.341 e. The number of carbonyl (C=O) groups is 3. The Morgan fingerprint density at radius 1 is 1.00 bits per heavy atom. The van der Waals surface area contributed by atoms with Gasteiger partial charge in [0.25, 0.3) is 11.8 Å². The fourth-order valence-electron chi connectivity index (χ4n) is 1.67. The second-order valence-corrected chi connectivity index (χ2v) is 5.00. The Labute approximate surface area is 141 Å². The van der Waals surface area contributed by atoms with Crippen molar-refractivity contribution < 1.29 is 23.5 Å². The van der Waals surface area contributed by atoms with Gasteiger partial charge in [-0.3, -0.25) is 20.4 Å². The Kier molecular flexibility index (Phi) is 5.86. The molecule has 0 heterocycles. The number of ether oxygens (including phenoxy) is 1. The summed E-state index contributed by atoms with van der Waals surface area (Å²) in [5.74, 6) is -3.08. The molecule has 0 aliphatic rings. The first-order valence-electron chi connectivity index (χ1n) is 6.74. The van der Waals surface area contributed by atoms with Crippen molar-refractivity contribution in [1.29, 1.82) is 0 Å². The Morgan fingerprint density at radius 2 is 1.67 bits per heavy atom. The molecule has 0 aliphatic heterocycles. The van der Waals surface area contributed by atoms with Crippen molar-refractivity contribution in [2.45, 2.75) is 0 Å². The lowest BCUT2D eigenvalue weighted by molar-refractivity contribution is -0.125. The number of esters is 1. The molecule has 0 atom stereocenters. The van der Waals surface area contributed by atoms with Gasteiger partial charge >= 0.3 is 5.97 Å². The van der Waals surface area contributed by atoms with Crippen LogP contribution in [-0.4, -0.2) is 24.4 Å². The van der Waals surface area contributed by atoms with Crippen LogP contribution in [0.15, 0.2) is 48.5 Å². The van der Waals surface area contributed by atoms with Gasteiger partial charge in [0.1, 0.15) is 5.82 Å². The molecule has 0 bridgehead atoms. The number of hydrogen-bond acceptors (Lipinski definition) is 4. The van der Waals surface area contributed by atoms with E-state index in [1.165, 1.54) is 42.5 Å². The summed E-state index contributed by atoms with van der Waals surface area (Å²) in [4.78, 5) is 34.9. The highest BCUT2D eigenvalue weighted by atomic mass is 35.5. The zero-order valence-electron chi connectivity index (χ0n) is 12.2. The van der Waals surface area contributed by atoms with Crippen LogP contribution >= 0.6 is 11.6 Å². The molecule has 8 heteroatoms. The second kappa shape index (κ2) is 8.07. The number of halogens is 2. The standard InChI is InChI=1S/C16H12ClFN2O4/c17-11-7-5-10(6-8-11)15(22)20-19-14(21)9-24-16(23)12-3-1-2-4-13(12)18/h1-8H,9H2,(H,19,21)(H,20,22). The van der Waals surface area contributed by atoms with Gasteiger partial charge in [-0.1, -0.05) is 23.7 Å². The zero-order chi connectivity index (χ0) is 17.5. The molecule has 0 radical (unpaired) electrons. The fourth-order valence-corrected chi connectivity index (χ4v) is 1.80. The van der Waals surface area contributed by atoms with Crippen LogP contribution in [0.25, 0.3) is 0 Å². The van der Waals surface area contributed by atoms with E-state index in [2.05, 4.69) is 15.6 Å². The summed E-state index contributed by atoms with van der Waals surface area (Å²) in [6, 6.07) is 11.2. The van der Waals surface area contributed by atoms with Crippen LogP contribution in [0.2, 0.25) is 5.02 Å². The minimum atomic E-state index is -0.979. The van der Waals surface area contributed by atoms with Gasteiger partial charge < -0.3 is 4.74 Å². The highest BCUT2D eigenvalue weighted by Gasteiger charge is 2.14. The van der Waals surface area contributed by atoms with Crippen LogP contribution < -0.4 is 10.9 Å². The van der Waals surface area contributed by atoms with Crippen LogP contribution in [-0.2, 0) is 9.53 Å². The molecule has 0 aromatic heterocycles. The van der Waals surface area contributed by atoms with Crippen LogP contribution in [0.3, 0.4) is 0 Å². The Balaban J connectivity index is 1.79. The molecule has 0 spiro atoms. The molecule has 2 aromatic rings. The number of rotatable bonds is 4. The van der Waals surface area contributed by atoms with Crippen molar-refractivity contribution >= 4 is 29.4 Å². The van der Waals surface area contributed by atoms with Crippen molar-refractivity contribution in [3.63, 3.8) is 0 Å². The van der Waals surface area contributed by atoms with Crippen LogP contribution in [0, 0.1) is 5.82 Å². The van der Waals surface area contributed by atoms with Crippen LogP contribution in [0.4, 0.5) is 4.39 Å². The lowest BCUT2D eigenvalue weighted by atomic mass is 10.2. The largest absolute Gasteiger partial charge is 0.452 e. The Hall–Kier alpha value is -2.93. The van der Waals surface area contributed by atoms with Crippen molar-refractivity contribution in [2.24, 2.45) is 0 Å². The van der Waals surface area contributed by atoms with Gasteiger partial charge in [0, 0.05) is 10.6 Å². The SMILES string of the molecule is O=C(COC(=O)c1ccccc1F)NNC(=O)c1ccc(Cl)cc1. The maximum Gasteiger partial charge on any atom is 0.341 e. The lowest BCUT2D eigenvalue weighted by Crippen LogP contribution is -2.43.